The molecule has 31 heavy (non-hydrogen) atoms. The van der Waals surface area contributed by atoms with Gasteiger partial charge in [-0.25, -0.2) is 19.3 Å². The van der Waals surface area contributed by atoms with Gasteiger partial charge in [0.05, 0.1) is 35.9 Å². The molecule has 1 aliphatic rings. The van der Waals surface area contributed by atoms with Crippen molar-refractivity contribution >= 4 is 34.4 Å². The first-order valence-corrected chi connectivity index (χ1v) is 10.3. The Morgan fingerprint density at radius 1 is 1.42 bits per heavy atom. The molecule has 0 aliphatic heterocycles. The molecule has 1 aliphatic carbocycles. The Morgan fingerprint density at radius 2 is 2.19 bits per heavy atom. The Labute approximate surface area is 183 Å². The molecule has 1 fully saturated rings. The van der Waals surface area contributed by atoms with Crippen LogP contribution in [0.4, 0.5) is 10.2 Å². The molecule has 3 heterocycles. The average molecular weight is 448 g/mol. The van der Waals surface area contributed by atoms with E-state index in [1.807, 2.05) is 11.6 Å². The molecule has 4 rings (SSSR count). The Morgan fingerprint density at radius 3 is 2.94 bits per heavy atom. The van der Waals surface area contributed by atoms with Gasteiger partial charge in [-0.1, -0.05) is 18.0 Å². The van der Waals surface area contributed by atoms with Crippen molar-refractivity contribution in [3.63, 3.8) is 0 Å². The standard InChI is InChI=1S/C21H23ClFN5O3/c1-21(20(30)31-3)6-4-5-15(16(21)29)26-18-14(23)9-24-17(27-18)13-10-28(2)19-12(13)7-11(22)8-25-19/h7-10,15-16,29H,4-6H2,1-3H3,(H,24,26,27). The van der Waals surface area contributed by atoms with Gasteiger partial charge in [0.25, 0.3) is 0 Å². The number of aryl methyl sites for hydroxylation is 1. The summed E-state index contributed by atoms with van der Waals surface area (Å²) in [4.78, 5) is 25.1. The van der Waals surface area contributed by atoms with Crippen LogP contribution in [-0.4, -0.2) is 49.9 Å². The van der Waals surface area contributed by atoms with Gasteiger partial charge >= 0.3 is 5.97 Å². The van der Waals surface area contributed by atoms with Crippen LogP contribution in [0.3, 0.4) is 0 Å². The predicted octanol–water partition coefficient (Wildman–Crippen LogP) is 3.33. The highest BCUT2D eigenvalue weighted by molar-refractivity contribution is 6.31. The largest absolute Gasteiger partial charge is 0.469 e. The summed E-state index contributed by atoms with van der Waals surface area (Å²) in [5.74, 6) is -0.900. The Hall–Kier alpha value is -2.78. The van der Waals surface area contributed by atoms with Gasteiger partial charge in [0.2, 0.25) is 0 Å². The number of hydrogen-bond donors (Lipinski definition) is 2. The molecule has 8 nitrogen and oxygen atoms in total. The van der Waals surface area contributed by atoms with Crippen LogP contribution in [0, 0.1) is 11.2 Å². The summed E-state index contributed by atoms with van der Waals surface area (Å²) >= 11 is 6.10. The van der Waals surface area contributed by atoms with Crippen LogP contribution in [0.1, 0.15) is 26.2 Å². The Kier molecular flexibility index (Phi) is 5.57. The number of nitrogens with one attached hydrogen (secondary N) is 1. The molecular weight excluding hydrogens is 425 g/mol. The topological polar surface area (TPSA) is 102 Å². The third-order valence-corrected chi connectivity index (χ3v) is 6.19. The number of pyridine rings is 1. The Balaban J connectivity index is 1.68. The number of ether oxygens (including phenoxy) is 1. The maximum Gasteiger partial charge on any atom is 0.314 e. The van der Waals surface area contributed by atoms with Crippen LogP contribution in [-0.2, 0) is 16.6 Å². The van der Waals surface area contributed by atoms with Crippen LogP contribution in [0.2, 0.25) is 5.02 Å². The number of fused-ring (bicyclic) bond motifs is 1. The molecule has 0 aromatic carbocycles. The third-order valence-electron chi connectivity index (χ3n) is 5.98. The summed E-state index contributed by atoms with van der Waals surface area (Å²) in [6.45, 7) is 1.66. The van der Waals surface area contributed by atoms with Crippen molar-refractivity contribution in [1.82, 2.24) is 19.5 Å². The van der Waals surface area contributed by atoms with Crippen LogP contribution >= 0.6 is 11.6 Å². The molecule has 1 saturated carbocycles. The van der Waals surface area contributed by atoms with Gasteiger partial charge in [-0.2, -0.15) is 0 Å². The maximum atomic E-state index is 14.6. The van der Waals surface area contributed by atoms with Gasteiger partial charge in [0.15, 0.2) is 17.5 Å². The third kappa shape index (κ3) is 3.72. The number of halogens is 2. The highest BCUT2D eigenvalue weighted by Gasteiger charge is 2.48. The van der Waals surface area contributed by atoms with E-state index in [9.17, 15) is 14.3 Å². The molecule has 3 unspecified atom stereocenters. The van der Waals surface area contributed by atoms with Gasteiger partial charge in [-0.05, 0) is 25.8 Å². The van der Waals surface area contributed by atoms with Crippen molar-refractivity contribution in [2.45, 2.75) is 38.3 Å². The SMILES string of the molecule is COC(=O)C1(C)CCCC(Nc2nc(-c3cn(C)c4ncc(Cl)cc34)ncc2F)C1O. The molecule has 2 N–H and O–H groups in total. The normalized spacial score (nSPS) is 23.7. The molecular formula is C21H23ClFN5O3. The molecule has 0 radical (unpaired) electrons. The number of aliphatic hydroxyl groups excluding tert-OH is 1. The summed E-state index contributed by atoms with van der Waals surface area (Å²) in [6.07, 6.45) is 5.08. The van der Waals surface area contributed by atoms with Gasteiger partial charge in [0.1, 0.15) is 5.65 Å². The van der Waals surface area contributed by atoms with Crippen LogP contribution in [0.25, 0.3) is 22.4 Å². The number of aromatic nitrogens is 4. The molecule has 0 amide bonds. The van der Waals surface area contributed by atoms with Crippen molar-refractivity contribution in [1.29, 1.82) is 0 Å². The van der Waals surface area contributed by atoms with Crippen molar-refractivity contribution in [2.24, 2.45) is 12.5 Å². The first-order valence-electron chi connectivity index (χ1n) is 9.91. The molecule has 3 aromatic rings. The van der Waals surface area contributed by atoms with Crippen LogP contribution in [0.5, 0.6) is 0 Å². The number of nitrogens with zero attached hydrogens (tertiary/aromatic N) is 4. The summed E-state index contributed by atoms with van der Waals surface area (Å²) in [5.41, 5.74) is 0.271. The van der Waals surface area contributed by atoms with Crippen molar-refractivity contribution in [2.75, 3.05) is 12.4 Å². The highest BCUT2D eigenvalue weighted by atomic mass is 35.5. The van der Waals surface area contributed by atoms with E-state index in [1.54, 1.807) is 25.4 Å². The molecule has 164 valence electrons. The number of esters is 1. The minimum atomic E-state index is -1.07. The Bertz CT molecular complexity index is 1150. The van der Waals surface area contributed by atoms with E-state index in [1.165, 1.54) is 7.11 Å². The van der Waals surface area contributed by atoms with Crippen molar-refractivity contribution in [3.8, 4) is 11.4 Å². The van der Waals surface area contributed by atoms with Crippen LogP contribution in [0.15, 0.2) is 24.7 Å². The number of aliphatic hydroxyl groups is 1. The lowest BCUT2D eigenvalue weighted by Gasteiger charge is -2.41. The fourth-order valence-electron chi connectivity index (χ4n) is 4.23. The second-order valence-electron chi connectivity index (χ2n) is 8.07. The van der Waals surface area contributed by atoms with Gasteiger partial charge in [-0.15, -0.1) is 0 Å². The number of carbonyl (C=O) groups is 1. The quantitative estimate of drug-likeness (QED) is 0.591. The monoisotopic (exact) mass is 447 g/mol. The number of rotatable bonds is 4. The zero-order valence-corrected chi connectivity index (χ0v) is 18.1. The highest BCUT2D eigenvalue weighted by Crippen LogP contribution is 2.39. The summed E-state index contributed by atoms with van der Waals surface area (Å²) in [7, 11) is 3.13. The van der Waals surface area contributed by atoms with Gasteiger partial charge < -0.3 is 19.7 Å². The van der Waals surface area contributed by atoms with Gasteiger partial charge in [0, 0.05) is 30.4 Å². The van der Waals surface area contributed by atoms with E-state index in [0.29, 0.717) is 41.3 Å². The molecule has 0 saturated heterocycles. The van der Waals surface area contributed by atoms with Gasteiger partial charge in [-0.3, -0.25) is 4.79 Å². The fourth-order valence-corrected chi connectivity index (χ4v) is 4.39. The van der Waals surface area contributed by atoms with E-state index in [2.05, 4.69) is 20.3 Å². The predicted molar refractivity (Wildman–Crippen MR) is 114 cm³/mol. The minimum absolute atomic E-state index is 0.0462. The molecule has 0 bridgehead atoms. The second kappa shape index (κ2) is 8.05. The summed E-state index contributed by atoms with van der Waals surface area (Å²) in [5, 5.41) is 15.0. The zero-order chi connectivity index (χ0) is 22.3. The number of carbonyl (C=O) groups excluding carboxylic acids is 1. The first-order chi connectivity index (χ1) is 14.7. The minimum Gasteiger partial charge on any atom is -0.469 e. The lowest BCUT2D eigenvalue weighted by Crippen LogP contribution is -2.53. The van der Waals surface area contributed by atoms with E-state index < -0.39 is 29.3 Å². The lowest BCUT2D eigenvalue weighted by atomic mass is 9.71. The van der Waals surface area contributed by atoms with Crippen LogP contribution < -0.4 is 5.32 Å². The summed E-state index contributed by atoms with van der Waals surface area (Å²) in [6, 6.07) is 1.19. The van der Waals surface area contributed by atoms with E-state index >= 15 is 0 Å². The average Bonchev–Trinajstić information content (AvgIpc) is 3.07. The smallest absolute Gasteiger partial charge is 0.314 e. The van der Waals surface area contributed by atoms with E-state index in [4.69, 9.17) is 16.3 Å². The van der Waals surface area contributed by atoms with E-state index in [-0.39, 0.29) is 5.82 Å². The first kappa shape index (κ1) is 21.5. The van der Waals surface area contributed by atoms with Crippen molar-refractivity contribution in [3.05, 3.63) is 35.5 Å². The van der Waals surface area contributed by atoms with E-state index in [0.717, 1.165) is 11.6 Å². The van der Waals surface area contributed by atoms with Crippen molar-refractivity contribution < 1.29 is 19.0 Å². The summed E-state index contributed by atoms with van der Waals surface area (Å²) < 4.78 is 21.3. The molecule has 10 heteroatoms. The molecule has 0 spiro atoms. The fraction of sp³-hybridized carbons (Fsp3) is 0.429. The lowest BCUT2D eigenvalue weighted by molar-refractivity contribution is -0.162. The maximum absolute atomic E-state index is 14.6. The second-order valence-corrected chi connectivity index (χ2v) is 8.50. The zero-order valence-electron chi connectivity index (χ0n) is 17.4. The molecule has 3 atom stereocenters. The number of anilines is 1. The number of hydrogen-bond acceptors (Lipinski definition) is 7. The molecule has 3 aromatic heterocycles. The number of methoxy groups -OCH3 is 1.